The van der Waals surface area contributed by atoms with Crippen LogP contribution in [-0.4, -0.2) is 27.3 Å². The highest BCUT2D eigenvalue weighted by atomic mass is 35.5. The zero-order valence-electron chi connectivity index (χ0n) is 5.94. The first kappa shape index (κ1) is 9.75. The molecule has 13 heavy (non-hydrogen) atoms. The first-order valence-electron chi connectivity index (χ1n) is 2.90. The number of anilines is 1. The lowest BCUT2D eigenvalue weighted by Gasteiger charge is -1.89. The minimum atomic E-state index is -1.32. The summed E-state index contributed by atoms with van der Waals surface area (Å²) in [6, 6.07) is 0. The predicted molar refractivity (Wildman–Crippen MR) is 45.7 cm³/mol. The third-order valence-corrected chi connectivity index (χ3v) is 2.34. The minimum Gasteiger partial charge on any atom is -0.477 e. The molecule has 0 spiro atoms. The lowest BCUT2D eigenvalue weighted by molar-refractivity contribution is 0.0702. The van der Waals surface area contributed by atoms with Gasteiger partial charge in [-0.1, -0.05) is 22.9 Å². The SMILES string of the molecule is O=C(O)Nc1nc(Cl)c(C(=O)O)s1. The van der Waals surface area contributed by atoms with Crippen molar-refractivity contribution in [1.82, 2.24) is 4.98 Å². The molecule has 0 fully saturated rings. The Labute approximate surface area is 80.8 Å². The fourth-order valence-corrected chi connectivity index (χ4v) is 1.60. The van der Waals surface area contributed by atoms with Gasteiger partial charge in [-0.05, 0) is 0 Å². The van der Waals surface area contributed by atoms with Gasteiger partial charge in [0.1, 0.15) is 0 Å². The molecule has 0 aliphatic carbocycles. The maximum atomic E-state index is 10.4. The second-order valence-electron chi connectivity index (χ2n) is 1.87. The number of hydrogen-bond donors (Lipinski definition) is 3. The number of carboxylic acid groups (broad SMARTS) is 2. The Morgan fingerprint density at radius 3 is 2.46 bits per heavy atom. The molecule has 0 aliphatic heterocycles. The number of thiazole rings is 1. The van der Waals surface area contributed by atoms with Crippen LogP contribution in [-0.2, 0) is 0 Å². The van der Waals surface area contributed by atoms with Crippen molar-refractivity contribution in [2.45, 2.75) is 0 Å². The van der Waals surface area contributed by atoms with E-state index in [0.29, 0.717) is 11.3 Å². The van der Waals surface area contributed by atoms with Gasteiger partial charge in [-0.25, -0.2) is 14.6 Å². The fourth-order valence-electron chi connectivity index (χ4n) is 0.578. The predicted octanol–water partition coefficient (Wildman–Crippen LogP) is 1.58. The highest BCUT2D eigenvalue weighted by molar-refractivity contribution is 7.18. The Balaban J connectivity index is 2.95. The Morgan fingerprint density at radius 2 is 2.08 bits per heavy atom. The maximum absolute atomic E-state index is 10.4. The Bertz CT molecular complexity index is 363. The Hall–Kier alpha value is -1.34. The average Bonchev–Trinajstić information content (AvgIpc) is 2.29. The largest absolute Gasteiger partial charge is 0.477 e. The lowest BCUT2D eigenvalue weighted by atomic mass is 10.6. The molecule has 3 N–H and O–H groups in total. The van der Waals surface area contributed by atoms with E-state index in [-0.39, 0.29) is 15.2 Å². The van der Waals surface area contributed by atoms with Crippen LogP contribution < -0.4 is 5.32 Å². The molecule has 1 rings (SSSR count). The molecule has 0 saturated heterocycles. The van der Waals surface area contributed by atoms with Crippen molar-refractivity contribution >= 4 is 40.1 Å². The molecule has 1 aromatic rings. The van der Waals surface area contributed by atoms with E-state index in [2.05, 4.69) is 4.98 Å². The molecule has 1 amide bonds. The maximum Gasteiger partial charge on any atom is 0.410 e. The number of amides is 1. The number of nitrogens with zero attached hydrogens (tertiary/aromatic N) is 1. The zero-order chi connectivity index (χ0) is 10.0. The number of halogens is 1. The van der Waals surface area contributed by atoms with E-state index in [0.717, 1.165) is 0 Å². The summed E-state index contributed by atoms with van der Waals surface area (Å²) in [6.07, 6.45) is -1.32. The highest BCUT2D eigenvalue weighted by Gasteiger charge is 2.16. The van der Waals surface area contributed by atoms with Crippen LogP contribution in [0.25, 0.3) is 0 Å². The van der Waals surface area contributed by atoms with Crippen molar-refractivity contribution < 1.29 is 19.8 Å². The first-order chi connectivity index (χ1) is 6.00. The van der Waals surface area contributed by atoms with Crippen molar-refractivity contribution in [3.63, 3.8) is 0 Å². The first-order valence-corrected chi connectivity index (χ1v) is 4.09. The fraction of sp³-hybridized carbons (Fsp3) is 0. The van der Waals surface area contributed by atoms with Crippen molar-refractivity contribution in [2.24, 2.45) is 0 Å². The number of aromatic carboxylic acids is 1. The van der Waals surface area contributed by atoms with Gasteiger partial charge in [-0.15, -0.1) is 0 Å². The summed E-state index contributed by atoms with van der Waals surface area (Å²) in [5.74, 6) is -1.24. The van der Waals surface area contributed by atoms with E-state index >= 15 is 0 Å². The standard InChI is InChI=1S/C5H3ClN2O4S/c6-2-1(3(9)10)13-4(7-2)8-5(11)12/h(H,7,8)(H,9,10)(H,11,12). The summed E-state index contributed by atoms with van der Waals surface area (Å²) < 4.78 is 0. The topological polar surface area (TPSA) is 99.5 Å². The number of hydrogen-bond acceptors (Lipinski definition) is 4. The van der Waals surface area contributed by atoms with Crippen LogP contribution >= 0.6 is 22.9 Å². The van der Waals surface area contributed by atoms with Crippen molar-refractivity contribution in [2.75, 3.05) is 5.32 Å². The second kappa shape index (κ2) is 3.58. The molecule has 8 heteroatoms. The molecule has 70 valence electrons. The summed E-state index contributed by atoms with van der Waals surface area (Å²) in [5.41, 5.74) is 0. The normalized spacial score (nSPS) is 9.62. The number of rotatable bonds is 2. The average molecular weight is 223 g/mol. The number of carbonyl (C=O) groups is 2. The van der Waals surface area contributed by atoms with E-state index in [4.69, 9.17) is 21.8 Å². The van der Waals surface area contributed by atoms with E-state index in [1.165, 1.54) is 0 Å². The Morgan fingerprint density at radius 1 is 1.46 bits per heavy atom. The monoisotopic (exact) mass is 222 g/mol. The number of aromatic nitrogens is 1. The third-order valence-electron chi connectivity index (χ3n) is 0.994. The molecular formula is C5H3ClN2O4S. The van der Waals surface area contributed by atoms with Crippen LogP contribution in [0.4, 0.5) is 9.93 Å². The quantitative estimate of drug-likeness (QED) is 0.706. The summed E-state index contributed by atoms with van der Waals surface area (Å²) in [6.45, 7) is 0. The molecular weight excluding hydrogens is 220 g/mol. The Kier molecular flexibility index (Phi) is 2.69. The molecule has 0 aromatic carbocycles. The van der Waals surface area contributed by atoms with Crippen molar-refractivity contribution in [3.05, 3.63) is 10.0 Å². The lowest BCUT2D eigenvalue weighted by Crippen LogP contribution is -2.06. The van der Waals surface area contributed by atoms with Crippen LogP contribution in [0.15, 0.2) is 0 Å². The van der Waals surface area contributed by atoms with Gasteiger partial charge >= 0.3 is 12.1 Å². The molecule has 0 unspecified atom stereocenters. The van der Waals surface area contributed by atoms with Gasteiger partial charge in [0.2, 0.25) is 0 Å². The van der Waals surface area contributed by atoms with Gasteiger partial charge < -0.3 is 10.2 Å². The number of carboxylic acids is 1. The molecule has 0 bridgehead atoms. The van der Waals surface area contributed by atoms with E-state index in [1.54, 1.807) is 0 Å². The molecule has 0 saturated carbocycles. The number of nitrogens with one attached hydrogen (secondary N) is 1. The molecule has 0 aliphatic rings. The third kappa shape index (κ3) is 2.30. The van der Waals surface area contributed by atoms with Crippen LogP contribution in [0.1, 0.15) is 9.67 Å². The van der Waals surface area contributed by atoms with Gasteiger partial charge in [0.05, 0.1) is 0 Å². The van der Waals surface area contributed by atoms with E-state index < -0.39 is 12.1 Å². The minimum absolute atomic E-state index is 0.0603. The van der Waals surface area contributed by atoms with Crippen LogP contribution in [0.5, 0.6) is 0 Å². The molecule has 0 radical (unpaired) electrons. The summed E-state index contributed by atoms with van der Waals surface area (Å²) in [5, 5.41) is 18.4. The molecule has 1 aromatic heterocycles. The molecule has 6 nitrogen and oxygen atoms in total. The molecule has 1 heterocycles. The highest BCUT2D eigenvalue weighted by Crippen LogP contribution is 2.26. The summed E-state index contributed by atoms with van der Waals surface area (Å²) in [4.78, 5) is 23.8. The van der Waals surface area contributed by atoms with Crippen LogP contribution in [0.2, 0.25) is 5.15 Å². The van der Waals surface area contributed by atoms with Crippen LogP contribution in [0.3, 0.4) is 0 Å². The summed E-state index contributed by atoms with van der Waals surface area (Å²) in [7, 11) is 0. The van der Waals surface area contributed by atoms with E-state index in [1.807, 2.05) is 5.32 Å². The van der Waals surface area contributed by atoms with E-state index in [9.17, 15) is 9.59 Å². The van der Waals surface area contributed by atoms with Crippen LogP contribution in [0, 0.1) is 0 Å². The van der Waals surface area contributed by atoms with Gasteiger partial charge in [-0.3, -0.25) is 5.32 Å². The zero-order valence-corrected chi connectivity index (χ0v) is 7.52. The van der Waals surface area contributed by atoms with Gasteiger partial charge in [-0.2, -0.15) is 0 Å². The van der Waals surface area contributed by atoms with Gasteiger partial charge in [0.15, 0.2) is 15.2 Å². The van der Waals surface area contributed by atoms with Gasteiger partial charge in [0.25, 0.3) is 0 Å². The molecule has 0 atom stereocenters. The van der Waals surface area contributed by atoms with Gasteiger partial charge in [0, 0.05) is 0 Å². The van der Waals surface area contributed by atoms with Crippen molar-refractivity contribution in [1.29, 1.82) is 0 Å². The second-order valence-corrected chi connectivity index (χ2v) is 3.23. The summed E-state index contributed by atoms with van der Waals surface area (Å²) >= 11 is 6.07. The van der Waals surface area contributed by atoms with Crippen molar-refractivity contribution in [3.8, 4) is 0 Å². The smallest absolute Gasteiger partial charge is 0.410 e.